The highest BCUT2D eigenvalue weighted by molar-refractivity contribution is 7.71. The molecule has 1 aliphatic rings. The smallest absolute Gasteiger partial charge is 0.202 e. The van der Waals surface area contributed by atoms with Crippen LogP contribution >= 0.6 is 12.2 Å². The Kier molecular flexibility index (Phi) is 4.79. The zero-order chi connectivity index (χ0) is 16.4. The molecule has 2 atom stereocenters. The fraction of sp³-hybridized carbons (Fsp3) is 0.500. The van der Waals surface area contributed by atoms with Crippen LogP contribution in [0.4, 0.5) is 0 Å². The number of likely N-dealkylation sites (tertiary alicyclic amines) is 1. The Hall–Kier alpha value is -1.70. The second-order valence-corrected chi connectivity index (χ2v) is 6.39. The molecule has 6 nitrogen and oxygen atoms in total. The van der Waals surface area contributed by atoms with Gasteiger partial charge in [-0.1, -0.05) is 12.1 Å². The van der Waals surface area contributed by atoms with Gasteiger partial charge in [0.1, 0.15) is 18.4 Å². The molecule has 0 bridgehead atoms. The number of rotatable bonds is 4. The Bertz CT molecular complexity index is 740. The first-order chi connectivity index (χ1) is 11.1. The lowest BCUT2D eigenvalue weighted by atomic mass is 10.1. The van der Waals surface area contributed by atoms with Gasteiger partial charge in [0.15, 0.2) is 12.5 Å². The van der Waals surface area contributed by atoms with E-state index < -0.39 is 0 Å². The van der Waals surface area contributed by atoms with Gasteiger partial charge < -0.3 is 19.3 Å². The molecular weight excluding hydrogens is 312 g/mol. The normalized spacial score (nSPS) is 21.3. The molecule has 0 aliphatic carbocycles. The van der Waals surface area contributed by atoms with E-state index in [1.54, 1.807) is 7.11 Å². The molecule has 2 aromatic rings. The maximum absolute atomic E-state index is 9.83. The number of methoxy groups -OCH3 is 1. The number of benzene rings is 1. The molecule has 3 rings (SSSR count). The highest BCUT2D eigenvalue weighted by atomic mass is 32.1. The Morgan fingerprint density at radius 1 is 1.43 bits per heavy atom. The number of aromatic nitrogens is 3. The molecule has 0 saturated carbocycles. The van der Waals surface area contributed by atoms with E-state index in [1.807, 2.05) is 40.6 Å². The molecule has 1 fully saturated rings. The van der Waals surface area contributed by atoms with Gasteiger partial charge in [-0.05, 0) is 37.2 Å². The summed E-state index contributed by atoms with van der Waals surface area (Å²) in [6, 6.07) is 7.81. The van der Waals surface area contributed by atoms with Crippen LogP contribution in [0.25, 0.3) is 11.4 Å². The minimum absolute atomic E-state index is 0.217. The van der Waals surface area contributed by atoms with Gasteiger partial charge in [0.05, 0.1) is 19.2 Å². The van der Waals surface area contributed by atoms with Crippen LogP contribution in [-0.2, 0) is 13.7 Å². The fourth-order valence-corrected chi connectivity index (χ4v) is 3.33. The van der Waals surface area contributed by atoms with Crippen molar-refractivity contribution in [1.29, 1.82) is 0 Å². The zero-order valence-electron chi connectivity index (χ0n) is 13.5. The molecule has 2 N–H and O–H groups in total. The van der Waals surface area contributed by atoms with Crippen LogP contribution in [0, 0.1) is 4.77 Å². The number of hydrogen-bond donors (Lipinski definition) is 2. The molecule has 1 aliphatic heterocycles. The molecular formula is C16H23N4O2S+. The molecule has 23 heavy (non-hydrogen) atoms. The minimum Gasteiger partial charge on any atom is -0.496 e. The number of quaternary nitrogens is 1. The van der Waals surface area contributed by atoms with Crippen molar-refractivity contribution in [3.8, 4) is 17.1 Å². The quantitative estimate of drug-likeness (QED) is 0.805. The van der Waals surface area contributed by atoms with E-state index in [1.165, 1.54) is 4.90 Å². The number of nitrogens with zero attached hydrogens (tertiary/aromatic N) is 3. The first kappa shape index (κ1) is 16.2. The van der Waals surface area contributed by atoms with Gasteiger partial charge in [-0.25, -0.2) is 0 Å². The maximum Gasteiger partial charge on any atom is 0.202 e. The van der Waals surface area contributed by atoms with Crippen LogP contribution in [0.15, 0.2) is 24.3 Å². The van der Waals surface area contributed by atoms with Crippen LogP contribution in [0.1, 0.15) is 12.8 Å². The molecule has 0 radical (unpaired) electrons. The average molecular weight is 335 g/mol. The van der Waals surface area contributed by atoms with Crippen LogP contribution < -0.4 is 9.64 Å². The summed E-state index contributed by atoms with van der Waals surface area (Å²) in [7, 11) is 3.58. The van der Waals surface area contributed by atoms with Gasteiger partial charge in [0, 0.05) is 7.05 Å². The van der Waals surface area contributed by atoms with E-state index in [2.05, 4.69) is 0 Å². The largest absolute Gasteiger partial charge is 0.496 e. The Labute approximate surface area is 140 Å². The number of hydrogen-bond acceptors (Lipinski definition) is 4. The van der Waals surface area contributed by atoms with Gasteiger partial charge in [-0.15, -0.1) is 5.10 Å². The third-order valence-corrected chi connectivity index (χ3v) is 4.84. The number of piperidine rings is 1. The van der Waals surface area contributed by atoms with Crippen molar-refractivity contribution in [2.24, 2.45) is 7.05 Å². The van der Waals surface area contributed by atoms with E-state index in [0.29, 0.717) is 11.4 Å². The van der Waals surface area contributed by atoms with Crippen LogP contribution in [0.2, 0.25) is 0 Å². The summed E-state index contributed by atoms with van der Waals surface area (Å²) in [6.45, 7) is 2.47. The number of aliphatic hydroxyl groups is 1. The van der Waals surface area contributed by atoms with Crippen molar-refractivity contribution in [2.45, 2.75) is 25.6 Å². The standard InChI is InChI=1S/C16H22N4O2S/c1-18-15(13-7-3-4-8-14(13)22-2)17-20(16(18)23)11-19-9-5-6-12(21)10-19/h3-4,7-8,12,21H,5-6,9-11H2,1-2H3/p+1/t12-/m0/s1. The maximum atomic E-state index is 9.83. The van der Waals surface area contributed by atoms with E-state index in [4.69, 9.17) is 22.1 Å². The summed E-state index contributed by atoms with van der Waals surface area (Å²) >= 11 is 5.54. The first-order valence-corrected chi connectivity index (χ1v) is 8.30. The molecule has 7 heteroatoms. The highest BCUT2D eigenvalue weighted by Gasteiger charge is 2.23. The van der Waals surface area contributed by atoms with Crippen molar-refractivity contribution in [1.82, 2.24) is 14.3 Å². The zero-order valence-corrected chi connectivity index (χ0v) is 14.3. The average Bonchev–Trinajstić information content (AvgIpc) is 2.83. The Balaban J connectivity index is 1.91. The molecule has 1 aromatic heterocycles. The van der Waals surface area contributed by atoms with Gasteiger partial charge >= 0.3 is 0 Å². The van der Waals surface area contributed by atoms with Crippen molar-refractivity contribution >= 4 is 12.2 Å². The van der Waals surface area contributed by atoms with Crippen molar-refractivity contribution in [2.75, 3.05) is 20.2 Å². The Morgan fingerprint density at radius 2 is 2.22 bits per heavy atom. The summed E-state index contributed by atoms with van der Waals surface area (Å²) in [6.07, 6.45) is 1.71. The van der Waals surface area contributed by atoms with Gasteiger partial charge in [-0.3, -0.25) is 0 Å². The second-order valence-electron chi connectivity index (χ2n) is 6.02. The number of para-hydroxylation sites is 1. The lowest BCUT2D eigenvalue weighted by molar-refractivity contribution is -0.931. The van der Waals surface area contributed by atoms with Crippen LogP contribution in [0.5, 0.6) is 5.75 Å². The second kappa shape index (κ2) is 6.82. The molecule has 1 aromatic carbocycles. The third kappa shape index (κ3) is 3.31. The summed E-state index contributed by atoms with van der Waals surface area (Å²) in [5.74, 6) is 1.58. The van der Waals surface area contributed by atoms with Gasteiger partial charge in [0.2, 0.25) is 4.77 Å². The van der Waals surface area contributed by atoms with E-state index >= 15 is 0 Å². The van der Waals surface area contributed by atoms with Crippen LogP contribution in [0.3, 0.4) is 0 Å². The predicted molar refractivity (Wildman–Crippen MR) is 90.0 cm³/mol. The van der Waals surface area contributed by atoms with Crippen molar-refractivity contribution in [3.05, 3.63) is 29.0 Å². The van der Waals surface area contributed by atoms with Crippen molar-refractivity contribution < 1.29 is 14.7 Å². The molecule has 124 valence electrons. The first-order valence-electron chi connectivity index (χ1n) is 7.89. The topological polar surface area (TPSA) is 56.6 Å². The van der Waals surface area contributed by atoms with E-state index in [9.17, 15) is 5.11 Å². The minimum atomic E-state index is -0.217. The predicted octanol–water partition coefficient (Wildman–Crippen LogP) is 0.624. The molecule has 1 saturated heterocycles. The van der Waals surface area contributed by atoms with Gasteiger partial charge in [-0.2, -0.15) is 4.68 Å². The van der Waals surface area contributed by atoms with E-state index in [0.717, 1.165) is 43.1 Å². The van der Waals surface area contributed by atoms with Crippen LogP contribution in [-0.4, -0.2) is 45.8 Å². The summed E-state index contributed by atoms with van der Waals surface area (Å²) in [4.78, 5) is 1.31. The summed E-state index contributed by atoms with van der Waals surface area (Å²) < 4.78 is 9.87. The van der Waals surface area contributed by atoms with Gasteiger partial charge in [0.25, 0.3) is 0 Å². The molecule has 0 spiro atoms. The lowest BCUT2D eigenvalue weighted by Gasteiger charge is -2.26. The Morgan fingerprint density at radius 3 is 2.96 bits per heavy atom. The fourth-order valence-electron chi connectivity index (χ4n) is 3.14. The monoisotopic (exact) mass is 335 g/mol. The van der Waals surface area contributed by atoms with E-state index in [-0.39, 0.29) is 6.10 Å². The molecule has 0 amide bonds. The molecule has 1 unspecified atom stereocenters. The lowest BCUT2D eigenvalue weighted by Crippen LogP contribution is -3.13. The number of nitrogens with one attached hydrogen (secondary N) is 1. The third-order valence-electron chi connectivity index (χ3n) is 4.35. The van der Waals surface area contributed by atoms with Crippen molar-refractivity contribution in [3.63, 3.8) is 0 Å². The molecule has 2 heterocycles. The summed E-state index contributed by atoms with van der Waals surface area (Å²) in [5, 5.41) is 14.5. The highest BCUT2D eigenvalue weighted by Crippen LogP contribution is 2.27. The SMILES string of the molecule is COc1ccccc1-c1nn(C[NH+]2CCC[C@H](O)C2)c(=S)n1C. The summed E-state index contributed by atoms with van der Waals surface area (Å²) in [5.41, 5.74) is 0.927. The number of ether oxygens (including phenoxy) is 1. The number of aliphatic hydroxyl groups excluding tert-OH is 1.